The fourth-order valence-corrected chi connectivity index (χ4v) is 3.61. The summed E-state index contributed by atoms with van der Waals surface area (Å²) in [7, 11) is 3.16. The summed E-state index contributed by atoms with van der Waals surface area (Å²) in [5.74, 6) is -0.346. The van der Waals surface area contributed by atoms with Gasteiger partial charge < -0.3 is 19.9 Å². The van der Waals surface area contributed by atoms with Gasteiger partial charge in [0.1, 0.15) is 5.75 Å². The molecule has 3 amide bonds. The van der Waals surface area contributed by atoms with Gasteiger partial charge in [0.2, 0.25) is 17.7 Å². The Morgan fingerprint density at radius 2 is 1.87 bits per heavy atom. The number of carbonyl (C=O) groups is 3. The molecule has 0 aromatic heterocycles. The molecular formula is C23H27N3O4. The molecule has 2 aromatic rings. The molecule has 1 aliphatic heterocycles. The molecule has 2 aromatic carbocycles. The van der Waals surface area contributed by atoms with E-state index in [1.165, 1.54) is 4.90 Å². The first-order valence-corrected chi connectivity index (χ1v) is 9.85. The number of anilines is 2. The number of nitrogens with one attached hydrogen (secondary N) is 1. The number of rotatable bonds is 6. The summed E-state index contributed by atoms with van der Waals surface area (Å²) >= 11 is 0. The van der Waals surface area contributed by atoms with E-state index in [9.17, 15) is 14.4 Å². The Morgan fingerprint density at radius 3 is 2.53 bits per heavy atom. The van der Waals surface area contributed by atoms with Crippen LogP contribution in [-0.4, -0.2) is 49.9 Å². The first kappa shape index (κ1) is 21.4. The van der Waals surface area contributed by atoms with Crippen LogP contribution < -0.4 is 15.0 Å². The quantitative estimate of drug-likeness (QED) is 0.796. The van der Waals surface area contributed by atoms with E-state index in [1.54, 1.807) is 43.3 Å². The number of hydrogen-bond acceptors (Lipinski definition) is 4. The van der Waals surface area contributed by atoms with Crippen molar-refractivity contribution >= 4 is 29.1 Å². The van der Waals surface area contributed by atoms with Gasteiger partial charge in [-0.1, -0.05) is 12.1 Å². The molecule has 0 spiro atoms. The highest BCUT2D eigenvalue weighted by Gasteiger charge is 2.37. The van der Waals surface area contributed by atoms with Crippen LogP contribution in [0, 0.1) is 19.8 Å². The van der Waals surface area contributed by atoms with Crippen LogP contribution in [-0.2, 0) is 14.4 Å². The Labute approximate surface area is 176 Å². The smallest absolute Gasteiger partial charge is 0.243 e. The van der Waals surface area contributed by atoms with Gasteiger partial charge in [-0.2, -0.15) is 0 Å². The van der Waals surface area contributed by atoms with Crippen molar-refractivity contribution in [2.45, 2.75) is 20.3 Å². The van der Waals surface area contributed by atoms with Gasteiger partial charge in [0.15, 0.2) is 0 Å². The molecule has 1 heterocycles. The molecular weight excluding hydrogens is 382 g/mol. The van der Waals surface area contributed by atoms with E-state index in [1.807, 2.05) is 32.0 Å². The monoisotopic (exact) mass is 409 g/mol. The largest absolute Gasteiger partial charge is 0.497 e. The van der Waals surface area contributed by atoms with Crippen molar-refractivity contribution in [3.8, 4) is 5.75 Å². The Kier molecular flexibility index (Phi) is 6.40. The van der Waals surface area contributed by atoms with E-state index in [4.69, 9.17) is 4.74 Å². The maximum atomic E-state index is 12.8. The Bertz CT molecular complexity index is 955. The number of ether oxygens (including phenoxy) is 1. The maximum absolute atomic E-state index is 12.8. The van der Waals surface area contributed by atoms with Gasteiger partial charge in [-0.05, 0) is 55.3 Å². The zero-order valence-corrected chi connectivity index (χ0v) is 17.8. The molecule has 0 radical (unpaired) electrons. The number of nitrogens with zero attached hydrogens (tertiary/aromatic N) is 2. The number of likely N-dealkylation sites (N-methyl/N-ethyl adjacent to an activating group) is 1. The van der Waals surface area contributed by atoms with Crippen LogP contribution in [0.2, 0.25) is 0 Å². The summed E-state index contributed by atoms with van der Waals surface area (Å²) < 4.78 is 5.09. The minimum Gasteiger partial charge on any atom is -0.497 e. The fourth-order valence-electron chi connectivity index (χ4n) is 3.61. The SMILES string of the molecule is COc1ccc(NC(=O)CN(C)C(=O)[C@@H]2CC(=O)N(c3cccc(C)c3C)C2)cc1. The van der Waals surface area contributed by atoms with Crippen molar-refractivity contribution in [2.75, 3.05) is 37.5 Å². The molecule has 158 valence electrons. The van der Waals surface area contributed by atoms with E-state index in [-0.39, 0.29) is 30.7 Å². The van der Waals surface area contributed by atoms with Crippen molar-refractivity contribution in [3.05, 3.63) is 53.6 Å². The van der Waals surface area contributed by atoms with Crippen LogP contribution in [0.25, 0.3) is 0 Å². The zero-order chi connectivity index (χ0) is 21.8. The lowest BCUT2D eigenvalue weighted by atomic mass is 10.1. The lowest BCUT2D eigenvalue weighted by Crippen LogP contribution is -2.39. The molecule has 0 unspecified atom stereocenters. The van der Waals surface area contributed by atoms with E-state index in [0.29, 0.717) is 18.0 Å². The van der Waals surface area contributed by atoms with Crippen molar-refractivity contribution in [2.24, 2.45) is 5.92 Å². The third-order valence-corrected chi connectivity index (χ3v) is 5.47. The molecule has 0 saturated carbocycles. The third kappa shape index (κ3) is 4.62. The number of hydrogen-bond donors (Lipinski definition) is 1. The highest BCUT2D eigenvalue weighted by molar-refractivity contribution is 6.02. The van der Waals surface area contributed by atoms with Crippen molar-refractivity contribution in [1.82, 2.24) is 4.90 Å². The topological polar surface area (TPSA) is 79.0 Å². The minimum atomic E-state index is -0.462. The van der Waals surface area contributed by atoms with Crippen LogP contribution in [0.3, 0.4) is 0 Å². The molecule has 1 N–H and O–H groups in total. The number of aryl methyl sites for hydroxylation is 1. The average molecular weight is 409 g/mol. The Balaban J connectivity index is 1.59. The highest BCUT2D eigenvalue weighted by atomic mass is 16.5. The van der Waals surface area contributed by atoms with E-state index < -0.39 is 5.92 Å². The van der Waals surface area contributed by atoms with Gasteiger partial charge >= 0.3 is 0 Å². The maximum Gasteiger partial charge on any atom is 0.243 e. The molecule has 3 rings (SSSR count). The van der Waals surface area contributed by atoms with Gasteiger partial charge in [0.05, 0.1) is 19.6 Å². The van der Waals surface area contributed by atoms with Crippen molar-refractivity contribution in [3.63, 3.8) is 0 Å². The van der Waals surface area contributed by atoms with Crippen molar-refractivity contribution < 1.29 is 19.1 Å². The summed E-state index contributed by atoms with van der Waals surface area (Å²) in [6, 6.07) is 12.8. The second kappa shape index (κ2) is 8.98. The van der Waals surface area contributed by atoms with E-state index in [0.717, 1.165) is 16.8 Å². The van der Waals surface area contributed by atoms with Crippen LogP contribution >= 0.6 is 0 Å². The molecule has 1 atom stereocenters. The van der Waals surface area contributed by atoms with Crippen LogP contribution in [0.5, 0.6) is 5.75 Å². The third-order valence-electron chi connectivity index (χ3n) is 5.47. The van der Waals surface area contributed by atoms with Gasteiger partial charge in [-0.25, -0.2) is 0 Å². The highest BCUT2D eigenvalue weighted by Crippen LogP contribution is 2.30. The molecule has 7 nitrogen and oxygen atoms in total. The number of methoxy groups -OCH3 is 1. The molecule has 1 aliphatic rings. The number of carbonyl (C=O) groups excluding carboxylic acids is 3. The molecule has 1 fully saturated rings. The van der Waals surface area contributed by atoms with E-state index >= 15 is 0 Å². The van der Waals surface area contributed by atoms with Gasteiger partial charge in [0, 0.05) is 31.4 Å². The zero-order valence-electron chi connectivity index (χ0n) is 17.8. The summed E-state index contributed by atoms with van der Waals surface area (Å²) in [4.78, 5) is 40.8. The minimum absolute atomic E-state index is 0.0712. The summed E-state index contributed by atoms with van der Waals surface area (Å²) in [6.45, 7) is 4.21. The second-order valence-corrected chi connectivity index (χ2v) is 7.60. The predicted molar refractivity (Wildman–Crippen MR) is 116 cm³/mol. The first-order chi connectivity index (χ1) is 14.3. The Morgan fingerprint density at radius 1 is 1.17 bits per heavy atom. The predicted octanol–water partition coefficient (Wildman–Crippen LogP) is 2.76. The normalized spacial score (nSPS) is 15.8. The number of benzene rings is 2. The van der Waals surface area contributed by atoms with Gasteiger partial charge in [0.25, 0.3) is 0 Å². The molecule has 1 saturated heterocycles. The van der Waals surface area contributed by atoms with Gasteiger partial charge in [-0.15, -0.1) is 0 Å². The van der Waals surface area contributed by atoms with E-state index in [2.05, 4.69) is 5.32 Å². The molecule has 7 heteroatoms. The summed E-state index contributed by atoms with van der Waals surface area (Å²) in [6.07, 6.45) is 0.149. The number of amides is 3. The summed E-state index contributed by atoms with van der Waals surface area (Å²) in [5, 5.41) is 2.76. The van der Waals surface area contributed by atoms with Crippen molar-refractivity contribution in [1.29, 1.82) is 0 Å². The molecule has 0 bridgehead atoms. The first-order valence-electron chi connectivity index (χ1n) is 9.85. The fraction of sp³-hybridized carbons (Fsp3) is 0.348. The van der Waals surface area contributed by atoms with Gasteiger partial charge in [-0.3, -0.25) is 14.4 Å². The molecule has 30 heavy (non-hydrogen) atoms. The second-order valence-electron chi connectivity index (χ2n) is 7.60. The lowest BCUT2D eigenvalue weighted by molar-refractivity contribution is -0.137. The summed E-state index contributed by atoms with van der Waals surface area (Å²) in [5.41, 5.74) is 3.60. The van der Waals surface area contributed by atoms with Crippen LogP contribution in [0.4, 0.5) is 11.4 Å². The standard InChI is InChI=1S/C23H27N3O4/c1-15-6-5-7-20(16(15)2)26-13-17(12-22(26)28)23(29)25(3)14-21(27)24-18-8-10-19(30-4)11-9-18/h5-11,17H,12-14H2,1-4H3,(H,24,27)/t17-/m1/s1. The average Bonchev–Trinajstić information content (AvgIpc) is 3.11. The lowest BCUT2D eigenvalue weighted by Gasteiger charge is -2.22. The van der Waals surface area contributed by atoms with Crippen LogP contribution in [0.15, 0.2) is 42.5 Å². The molecule has 0 aliphatic carbocycles. The van der Waals surface area contributed by atoms with Crippen LogP contribution in [0.1, 0.15) is 17.5 Å². The Hall–Kier alpha value is -3.35.